The van der Waals surface area contributed by atoms with Crippen molar-refractivity contribution in [2.75, 3.05) is 84.9 Å². The lowest BCUT2D eigenvalue weighted by Gasteiger charge is -2.23. The lowest BCUT2D eigenvalue weighted by molar-refractivity contribution is -0.148. The van der Waals surface area contributed by atoms with E-state index in [1.807, 2.05) is 50.1 Å². The van der Waals surface area contributed by atoms with Crippen molar-refractivity contribution >= 4 is 145 Å². The fourth-order valence-corrected chi connectivity index (χ4v) is 15.8. The number of hydrogen-bond acceptors (Lipinski definition) is 29. The maximum Gasteiger partial charge on any atom is 0.534 e. The van der Waals surface area contributed by atoms with Crippen molar-refractivity contribution in [2.24, 2.45) is 27.9 Å². The molecule has 0 spiro atoms. The van der Waals surface area contributed by atoms with Gasteiger partial charge in [-0.25, -0.2) is 29.9 Å². The molecule has 0 amide bonds. The number of H-pyrrole nitrogens is 1. The molecule has 32 nitrogen and oxygen atoms in total. The van der Waals surface area contributed by atoms with E-state index >= 15 is 0 Å². The predicted molar refractivity (Wildman–Crippen MR) is 539 cm³/mol. The van der Waals surface area contributed by atoms with Gasteiger partial charge in [0.25, 0.3) is 11.4 Å². The molecule has 0 bridgehead atoms. The smallest absolute Gasteiger partial charge is 0.492 e. The average Bonchev–Trinajstić information content (AvgIpc) is 1.76. The molecule has 748 valence electrons. The van der Waals surface area contributed by atoms with Gasteiger partial charge in [-0.05, 0) is 194 Å². The van der Waals surface area contributed by atoms with Crippen LogP contribution in [0.15, 0.2) is 115 Å². The zero-order valence-corrected chi connectivity index (χ0v) is 86.4. The van der Waals surface area contributed by atoms with Crippen LogP contribution in [0.25, 0.3) is 50.9 Å². The normalized spacial score (nSPS) is 13.5. The Labute approximate surface area is 845 Å². The number of aromatic amines is 1. The maximum atomic E-state index is 12.6. The molecule has 1 atom stereocenters. The van der Waals surface area contributed by atoms with Gasteiger partial charge in [0.2, 0.25) is 5.88 Å². The molecule has 0 saturated heterocycles. The van der Waals surface area contributed by atoms with E-state index in [2.05, 4.69) is 136 Å². The fourth-order valence-electron chi connectivity index (χ4n) is 14.6. The third-order valence-corrected chi connectivity index (χ3v) is 22.6. The first kappa shape index (κ1) is 117. The van der Waals surface area contributed by atoms with Crippen LogP contribution in [-0.4, -0.2) is 199 Å². The van der Waals surface area contributed by atoms with E-state index in [1.54, 1.807) is 68.1 Å². The molecule has 5 aliphatic rings. The zero-order chi connectivity index (χ0) is 101. The summed E-state index contributed by atoms with van der Waals surface area (Å²) in [7, 11) is 5.20. The van der Waals surface area contributed by atoms with Crippen LogP contribution >= 0.6 is 82.8 Å². The number of fused-ring (bicyclic) bond motifs is 4. The van der Waals surface area contributed by atoms with Crippen molar-refractivity contribution in [1.82, 2.24) is 80.0 Å². The second kappa shape index (κ2) is 54.1. The van der Waals surface area contributed by atoms with E-state index in [-0.39, 0.29) is 98.6 Å². The number of amidine groups is 1. The number of methoxy groups -OCH3 is 1. The number of nitrogen functional groups attached to an aromatic ring is 1. The summed E-state index contributed by atoms with van der Waals surface area (Å²) in [6.07, 6.45) is 23.2. The Morgan fingerprint density at radius 2 is 0.950 bits per heavy atom. The van der Waals surface area contributed by atoms with Crippen molar-refractivity contribution < 1.29 is 59.2 Å². The molecular weight excluding hydrogens is 1960 g/mol. The number of anilines is 2. The van der Waals surface area contributed by atoms with Crippen molar-refractivity contribution in [3.8, 4) is 57.7 Å². The summed E-state index contributed by atoms with van der Waals surface area (Å²) in [4.78, 5) is 137. The number of carbonyl (C=O) groups excluding carboxylic acids is 5. The van der Waals surface area contributed by atoms with Gasteiger partial charge in [0, 0.05) is 142 Å². The summed E-state index contributed by atoms with van der Waals surface area (Å²) < 4.78 is 74.8. The summed E-state index contributed by atoms with van der Waals surface area (Å²) >= 11 is 29.0. The van der Waals surface area contributed by atoms with Crippen molar-refractivity contribution in [2.45, 2.75) is 183 Å². The van der Waals surface area contributed by atoms with Crippen LogP contribution in [0, 0.1) is 34.1 Å². The summed E-state index contributed by atoms with van der Waals surface area (Å²) in [5.41, 5.74) is 9.05. The van der Waals surface area contributed by atoms with Crippen LogP contribution in [0.5, 0.6) is 11.6 Å². The molecule has 10 aromatic heterocycles. The summed E-state index contributed by atoms with van der Waals surface area (Å²) in [5, 5.41) is 12.4. The molecular formula is C96H117Cl7F3N21O11S. The van der Waals surface area contributed by atoms with Gasteiger partial charge in [0.1, 0.15) is 82.0 Å². The Bertz CT molecular complexity index is 6140. The van der Waals surface area contributed by atoms with Gasteiger partial charge in [-0.3, -0.25) is 59.1 Å². The quantitative estimate of drug-likeness (QED) is 0.00879. The lowest BCUT2D eigenvalue weighted by atomic mass is 9.90. The van der Waals surface area contributed by atoms with E-state index in [1.165, 1.54) is 43.9 Å². The molecule has 1 fully saturated rings. The van der Waals surface area contributed by atoms with Crippen LogP contribution in [0.4, 0.5) is 30.6 Å². The Morgan fingerprint density at radius 3 is 1.36 bits per heavy atom. The number of carbonyl (C=O) groups is 5. The minimum absolute atomic E-state index is 0. The number of rotatable bonds is 23. The predicted octanol–water partition coefficient (Wildman–Crippen LogP) is 18.3. The molecule has 5 aliphatic carbocycles. The SMILES string of the molecule is CN(C)CCOc1ccnc(-c2nc3c(c(N(C)CC(=O)CC(C)(C)C)n2)CCC3)c1.CN(CC(=O)CC(C)(C)C)c1nc(-c2cc(Cl)ccn2)nc2c1CCC2.CNCC(=O)CC(C)(C)C.COC(=O)C1CCCC1=O.Cl.Cl.N=C(N)c1cc(Cl)ccn1.O=S(=O)(Oc1nc(-c2cc(Cl)ccn2)nc2c1CCC2)C(F)(F)F.O=c1[nH]c(-c2cc(Cl)ccn2)nc2c1CCC2.[C-]#[N+]c1cc(Cl)ccn1. The highest BCUT2D eigenvalue weighted by atomic mass is 35.5. The number of aromatic nitrogens is 14. The zero-order valence-electron chi connectivity index (χ0n) is 80.2. The Hall–Kier alpha value is -11.0. The number of pyridine rings is 6. The average molecular weight is 2080 g/mol. The minimum atomic E-state index is -5.82. The third-order valence-electron chi connectivity index (χ3n) is 20.5. The van der Waals surface area contributed by atoms with E-state index in [0.29, 0.717) is 154 Å². The number of halogens is 10. The Balaban J connectivity index is 0.000000253. The molecule has 1 saturated carbocycles. The molecule has 15 rings (SSSR count). The number of alkyl halides is 3. The van der Waals surface area contributed by atoms with Crippen molar-refractivity contribution in [1.29, 1.82) is 5.41 Å². The first-order valence-electron chi connectivity index (χ1n) is 44.1. The van der Waals surface area contributed by atoms with Crippen LogP contribution in [0.1, 0.15) is 177 Å². The monoisotopic (exact) mass is 2070 g/mol. The Kier molecular flexibility index (Phi) is 45.5. The van der Waals surface area contributed by atoms with Gasteiger partial charge in [0.05, 0.1) is 38.1 Å². The van der Waals surface area contributed by atoms with Gasteiger partial charge < -0.3 is 49.2 Å². The number of nitrogens with two attached hydrogens (primary N) is 1. The Morgan fingerprint density at radius 1 is 0.540 bits per heavy atom. The van der Waals surface area contributed by atoms with Crippen molar-refractivity contribution in [3.63, 3.8) is 0 Å². The van der Waals surface area contributed by atoms with E-state index in [9.17, 15) is 50.4 Å². The standard InChI is InChI=1S/C24H35N5O2.C20H25ClN4O.C13H9ClF3N3O3S.C12H10ClN3O.C8H17NO.C7H10O3.C6H6ClN3.C6H3ClN2.2ClH/c1-24(2,3)15-17(30)16-29(6)23-19-8-7-9-20(19)26-22(27-23)21-14-18(10-11-25-21)31-13-12-28(4)5;1-20(2,3)11-14(26)12-25(4)19-15-6-5-7-16(15)23-18(24-19)17-10-13(21)8-9-22-17;14-7-4-5-18-10(6-7)11-19-9-3-1-2-8(9)12(20-11)23-24(21,22)13(15,16)17;13-7-4-5-14-10(6-7)11-15-9-3-1-2-8(9)12(17)16-11;1-8(2,3)5-7(10)6-9-4;1-10-7(9)5-3-2-4-6(5)8;7-4-1-2-10-5(3-4)6(8)9;1-8-6-4-5(7)2-3-9-6;;/h10-11,14H,7-9,12-13,15-16H2,1-6H3;8-10H,5-7,11-12H2,1-4H3;4-6H,1-3H2;4-6H,1-3H2,(H,15,16,17);9H,5-6H2,1-4H3;5H,2-4H2,1H3;1-3H,(H3,8,9);2-4H;2*1H. The molecule has 5 N–H and O–H groups in total. The van der Waals surface area contributed by atoms with Crippen LogP contribution in [-0.2, 0) is 90.2 Å². The molecule has 0 radical (unpaired) electrons. The molecule has 10 heterocycles. The van der Waals surface area contributed by atoms with Gasteiger partial charge in [0.15, 0.2) is 34.9 Å². The topological polar surface area (TPSA) is 424 Å². The molecule has 0 aliphatic heterocycles. The molecule has 139 heavy (non-hydrogen) atoms. The molecule has 1 unspecified atom stereocenters. The van der Waals surface area contributed by atoms with Crippen LogP contribution in [0.2, 0.25) is 25.1 Å². The second-order valence-electron chi connectivity index (χ2n) is 36.4. The number of likely N-dealkylation sites (N-methyl/N-ethyl adjacent to an activating group) is 4. The second-order valence-corrected chi connectivity index (χ2v) is 40.2. The van der Waals surface area contributed by atoms with Crippen LogP contribution in [0.3, 0.4) is 0 Å². The van der Waals surface area contributed by atoms with Crippen LogP contribution < -0.4 is 35.3 Å². The summed E-state index contributed by atoms with van der Waals surface area (Å²) in [5.74, 6) is 3.62. The minimum Gasteiger partial charge on any atom is -0.492 e. The van der Waals surface area contributed by atoms with Gasteiger partial charge in [-0.2, -0.15) is 26.6 Å². The number of esters is 1. The van der Waals surface area contributed by atoms with E-state index in [4.69, 9.17) is 100 Å². The number of Topliss-reactive ketones (excluding diaryl/α,β-unsaturated/α-hetero) is 4. The van der Waals surface area contributed by atoms with Gasteiger partial charge in [-0.15, -0.1) is 29.8 Å². The summed E-state index contributed by atoms with van der Waals surface area (Å²) in [6.45, 7) is 27.9. The number of ketones is 4. The summed E-state index contributed by atoms with van der Waals surface area (Å²) in [6, 6.07) is 19.9. The first-order chi connectivity index (χ1) is 64.5. The third kappa shape index (κ3) is 37.9. The maximum absolute atomic E-state index is 12.6. The lowest BCUT2D eigenvalue weighted by Crippen LogP contribution is -2.30. The number of hydrogen-bond donors (Lipinski definition) is 4. The number of aryl methyl sites for hydroxylation is 4. The number of ether oxygens (including phenoxy) is 2. The van der Waals surface area contributed by atoms with E-state index in [0.717, 1.165) is 122 Å². The largest absolute Gasteiger partial charge is 0.534 e. The van der Waals surface area contributed by atoms with Gasteiger partial charge >= 0.3 is 21.6 Å². The highest BCUT2D eigenvalue weighted by Crippen LogP contribution is 2.38. The number of nitrogens with one attached hydrogen (secondary N) is 3. The van der Waals surface area contributed by atoms with Gasteiger partial charge in [-0.1, -0.05) is 127 Å². The number of nitrogens with zero attached hydrogens (tertiary/aromatic N) is 17. The highest BCUT2D eigenvalue weighted by Gasteiger charge is 2.49. The van der Waals surface area contributed by atoms with Crippen molar-refractivity contribution in [3.05, 3.63) is 208 Å². The highest BCUT2D eigenvalue weighted by molar-refractivity contribution is 7.88. The molecule has 10 aromatic rings. The van der Waals surface area contributed by atoms with E-state index < -0.39 is 27.4 Å². The molecule has 43 heteroatoms. The fraction of sp³-hybridized carbons (Fsp3) is 0.448. The first-order valence-corrected chi connectivity index (χ1v) is 47.4. The molecule has 0 aromatic carbocycles.